The Kier molecular flexibility index (Phi) is 5.42. The van der Waals surface area contributed by atoms with Crippen LogP contribution in [-0.2, 0) is 23.8 Å². The van der Waals surface area contributed by atoms with E-state index < -0.39 is 5.92 Å². The van der Waals surface area contributed by atoms with E-state index in [2.05, 4.69) is 11.3 Å². The minimum atomic E-state index is -0.452. The first-order valence-corrected chi connectivity index (χ1v) is 5.30. The molecule has 0 bridgehead atoms. The fourth-order valence-corrected chi connectivity index (χ4v) is 1.54. The first-order valence-electron chi connectivity index (χ1n) is 5.30. The molecule has 0 aromatic rings. The number of rotatable bonds is 6. The molecular formula is C12H16O5. The van der Waals surface area contributed by atoms with Gasteiger partial charge in [0.2, 0.25) is 0 Å². The van der Waals surface area contributed by atoms with Crippen LogP contribution in [0, 0.1) is 5.92 Å². The van der Waals surface area contributed by atoms with Gasteiger partial charge in [0.25, 0.3) is 0 Å². The van der Waals surface area contributed by atoms with Gasteiger partial charge in [-0.25, -0.2) is 0 Å². The van der Waals surface area contributed by atoms with Crippen LogP contribution in [0.1, 0.15) is 12.8 Å². The highest BCUT2D eigenvalue weighted by atomic mass is 16.7. The molecule has 1 unspecified atom stereocenters. The molecule has 5 heteroatoms. The number of carbonyl (C=O) groups is 2. The van der Waals surface area contributed by atoms with Gasteiger partial charge in [0.1, 0.15) is 5.76 Å². The lowest BCUT2D eigenvalue weighted by atomic mass is 9.92. The summed E-state index contributed by atoms with van der Waals surface area (Å²) in [7, 11) is 1.30. The van der Waals surface area contributed by atoms with Crippen molar-refractivity contribution in [1.29, 1.82) is 0 Å². The largest absolute Gasteiger partial charge is 0.472 e. The molecule has 0 aromatic carbocycles. The van der Waals surface area contributed by atoms with Gasteiger partial charge >= 0.3 is 5.97 Å². The maximum Gasteiger partial charge on any atom is 0.309 e. The number of hydrogen-bond donors (Lipinski definition) is 0. The lowest BCUT2D eigenvalue weighted by Crippen LogP contribution is -2.24. The lowest BCUT2D eigenvalue weighted by Gasteiger charge is -2.20. The average molecular weight is 240 g/mol. The van der Waals surface area contributed by atoms with Crippen LogP contribution in [0.25, 0.3) is 0 Å². The van der Waals surface area contributed by atoms with E-state index in [1.807, 2.05) is 0 Å². The number of allylic oxidation sites excluding steroid dienone is 2. The monoisotopic (exact) mass is 240 g/mol. The summed E-state index contributed by atoms with van der Waals surface area (Å²) in [6.07, 6.45) is 3.54. The van der Waals surface area contributed by atoms with Crippen LogP contribution in [-0.4, -0.2) is 32.3 Å². The number of carbonyl (C=O) groups excluding carboxylic acids is 2. The standard InChI is InChI=1S/C12H16O5/c1-3-4-16-8-17-11-6-9(12(14)15-2)5-10(13)7-11/h3,7,9H,1,4-6,8H2,2H3. The molecule has 1 rings (SSSR count). The van der Waals surface area contributed by atoms with E-state index in [-0.39, 0.29) is 25.0 Å². The van der Waals surface area contributed by atoms with Crippen LogP contribution in [0.4, 0.5) is 0 Å². The van der Waals surface area contributed by atoms with Gasteiger partial charge in [-0.3, -0.25) is 9.59 Å². The number of ketones is 1. The highest BCUT2D eigenvalue weighted by molar-refractivity contribution is 5.94. The predicted octanol–water partition coefficient (Wildman–Crippen LogP) is 1.20. The van der Waals surface area contributed by atoms with Crippen molar-refractivity contribution in [2.45, 2.75) is 12.8 Å². The highest BCUT2D eigenvalue weighted by Gasteiger charge is 2.28. The summed E-state index contributed by atoms with van der Waals surface area (Å²) in [6, 6.07) is 0. The van der Waals surface area contributed by atoms with Crippen molar-refractivity contribution in [2.24, 2.45) is 5.92 Å². The molecule has 0 radical (unpaired) electrons. The third-order valence-electron chi connectivity index (χ3n) is 2.32. The van der Waals surface area contributed by atoms with Gasteiger partial charge < -0.3 is 14.2 Å². The third kappa shape index (κ3) is 4.40. The summed E-state index contributed by atoms with van der Waals surface area (Å²) in [5.41, 5.74) is 0. The molecule has 17 heavy (non-hydrogen) atoms. The first-order chi connectivity index (χ1) is 8.17. The zero-order chi connectivity index (χ0) is 12.7. The molecule has 0 aromatic heterocycles. The number of esters is 1. The molecule has 0 saturated heterocycles. The Balaban J connectivity index is 2.46. The number of hydrogen-bond acceptors (Lipinski definition) is 5. The van der Waals surface area contributed by atoms with Crippen molar-refractivity contribution in [1.82, 2.24) is 0 Å². The molecular weight excluding hydrogens is 224 g/mol. The maximum atomic E-state index is 11.4. The minimum absolute atomic E-state index is 0.0407. The van der Waals surface area contributed by atoms with Gasteiger partial charge in [0, 0.05) is 18.9 Å². The van der Waals surface area contributed by atoms with Crippen molar-refractivity contribution in [3.63, 3.8) is 0 Å². The summed E-state index contributed by atoms with van der Waals surface area (Å²) in [5, 5.41) is 0. The molecule has 1 aliphatic rings. The third-order valence-corrected chi connectivity index (χ3v) is 2.32. The summed E-state index contributed by atoms with van der Waals surface area (Å²) in [4.78, 5) is 22.7. The highest BCUT2D eigenvalue weighted by Crippen LogP contribution is 2.23. The van der Waals surface area contributed by atoms with Gasteiger partial charge in [-0.2, -0.15) is 0 Å². The van der Waals surface area contributed by atoms with Crippen molar-refractivity contribution in [3.8, 4) is 0 Å². The van der Waals surface area contributed by atoms with E-state index in [9.17, 15) is 9.59 Å². The van der Waals surface area contributed by atoms with Crippen molar-refractivity contribution in [2.75, 3.05) is 20.5 Å². The van der Waals surface area contributed by atoms with Crippen LogP contribution in [0.2, 0.25) is 0 Å². The Morgan fingerprint density at radius 1 is 1.59 bits per heavy atom. The van der Waals surface area contributed by atoms with Gasteiger partial charge in [-0.1, -0.05) is 6.08 Å². The molecule has 0 spiro atoms. The minimum Gasteiger partial charge on any atom is -0.472 e. The summed E-state index contributed by atoms with van der Waals surface area (Å²) >= 11 is 0. The smallest absolute Gasteiger partial charge is 0.309 e. The van der Waals surface area contributed by atoms with Crippen LogP contribution in [0.15, 0.2) is 24.5 Å². The molecule has 1 atom stereocenters. The Labute approximate surface area is 100 Å². The first kappa shape index (κ1) is 13.4. The second-order valence-electron chi connectivity index (χ2n) is 3.63. The van der Waals surface area contributed by atoms with Crippen molar-refractivity contribution >= 4 is 11.8 Å². The molecule has 0 heterocycles. The van der Waals surface area contributed by atoms with Gasteiger partial charge in [-0.15, -0.1) is 6.58 Å². The van der Waals surface area contributed by atoms with Crippen LogP contribution < -0.4 is 0 Å². The van der Waals surface area contributed by atoms with Crippen LogP contribution >= 0.6 is 0 Å². The Bertz CT molecular complexity index is 332. The fourth-order valence-electron chi connectivity index (χ4n) is 1.54. The summed E-state index contributed by atoms with van der Waals surface area (Å²) in [5.74, 6) is -0.516. The lowest BCUT2D eigenvalue weighted by molar-refractivity contribution is -0.147. The zero-order valence-corrected chi connectivity index (χ0v) is 9.81. The van der Waals surface area contributed by atoms with Gasteiger partial charge in [-0.05, 0) is 0 Å². The second kappa shape index (κ2) is 6.85. The fraction of sp³-hybridized carbons (Fsp3) is 0.500. The molecule has 0 saturated carbocycles. The second-order valence-corrected chi connectivity index (χ2v) is 3.63. The van der Waals surface area contributed by atoms with E-state index in [0.29, 0.717) is 18.8 Å². The van der Waals surface area contributed by atoms with E-state index in [1.165, 1.54) is 13.2 Å². The Morgan fingerprint density at radius 2 is 2.35 bits per heavy atom. The predicted molar refractivity (Wildman–Crippen MR) is 59.9 cm³/mol. The van der Waals surface area contributed by atoms with Crippen molar-refractivity contribution in [3.05, 3.63) is 24.5 Å². The summed E-state index contributed by atoms with van der Waals surface area (Å²) in [6.45, 7) is 3.91. The Morgan fingerprint density at radius 3 is 3.00 bits per heavy atom. The van der Waals surface area contributed by atoms with Crippen molar-refractivity contribution < 1.29 is 23.8 Å². The Hall–Kier alpha value is -1.62. The van der Waals surface area contributed by atoms with E-state index in [0.717, 1.165) is 0 Å². The van der Waals surface area contributed by atoms with Crippen LogP contribution in [0.3, 0.4) is 0 Å². The molecule has 0 fully saturated rings. The number of ether oxygens (including phenoxy) is 3. The SMILES string of the molecule is C=CCOCOC1=CC(=O)CC(C(=O)OC)C1. The van der Waals surface area contributed by atoms with E-state index in [4.69, 9.17) is 9.47 Å². The van der Waals surface area contributed by atoms with E-state index >= 15 is 0 Å². The zero-order valence-electron chi connectivity index (χ0n) is 9.81. The quantitative estimate of drug-likeness (QED) is 0.302. The normalized spacial score (nSPS) is 19.5. The van der Waals surface area contributed by atoms with Gasteiger partial charge in [0.05, 0.1) is 19.6 Å². The average Bonchev–Trinajstić information content (AvgIpc) is 2.33. The maximum absolute atomic E-state index is 11.4. The van der Waals surface area contributed by atoms with Gasteiger partial charge in [0.15, 0.2) is 12.6 Å². The summed E-state index contributed by atoms with van der Waals surface area (Å²) < 4.78 is 14.9. The van der Waals surface area contributed by atoms with E-state index in [1.54, 1.807) is 6.08 Å². The molecule has 0 aliphatic heterocycles. The molecule has 0 N–H and O–H groups in total. The molecule has 1 aliphatic carbocycles. The molecule has 0 amide bonds. The topological polar surface area (TPSA) is 61.8 Å². The van der Waals surface area contributed by atoms with Crippen LogP contribution in [0.5, 0.6) is 0 Å². The molecule has 5 nitrogen and oxygen atoms in total. The molecule has 94 valence electrons. The number of methoxy groups -OCH3 is 1.